The minimum atomic E-state index is -0.500. The van der Waals surface area contributed by atoms with E-state index in [1.807, 2.05) is 54.6 Å². The fourth-order valence-corrected chi connectivity index (χ4v) is 3.03. The lowest BCUT2D eigenvalue weighted by Crippen LogP contribution is -2.11. The van der Waals surface area contributed by atoms with E-state index in [0.29, 0.717) is 22.9 Å². The van der Waals surface area contributed by atoms with Crippen LogP contribution >= 0.6 is 23.8 Å². The van der Waals surface area contributed by atoms with Crippen LogP contribution in [0.3, 0.4) is 0 Å². The molecule has 3 aromatic carbocycles. The Morgan fingerprint density at radius 2 is 1.85 bits per heavy atom. The second kappa shape index (κ2) is 8.62. The van der Waals surface area contributed by atoms with E-state index in [0.717, 1.165) is 11.3 Å². The molecule has 0 radical (unpaired) electrons. The van der Waals surface area contributed by atoms with E-state index in [1.54, 1.807) is 0 Å². The fraction of sp³-hybridized carbons (Fsp3) is 0.0500. The van der Waals surface area contributed by atoms with E-state index >= 15 is 0 Å². The fourth-order valence-electron chi connectivity index (χ4n) is 2.40. The molecule has 0 aliphatic carbocycles. The minimum Gasteiger partial charge on any atom is -0.489 e. The van der Waals surface area contributed by atoms with Gasteiger partial charge in [-0.15, -0.1) is 0 Å². The molecule has 0 aliphatic heterocycles. The summed E-state index contributed by atoms with van der Waals surface area (Å²) in [6.45, 7) is 0.461. The van der Waals surface area contributed by atoms with E-state index in [1.165, 1.54) is 18.2 Å². The maximum atomic E-state index is 10.8. The number of hydrogen-bond acceptors (Lipinski definition) is 4. The molecule has 3 aromatic rings. The van der Waals surface area contributed by atoms with Crippen molar-refractivity contribution < 1.29 is 9.66 Å². The summed E-state index contributed by atoms with van der Waals surface area (Å²) in [6, 6.07) is 21.4. The number of nitro groups is 1. The van der Waals surface area contributed by atoms with Crippen LogP contribution in [0.4, 0.5) is 11.4 Å². The summed E-state index contributed by atoms with van der Waals surface area (Å²) in [6.07, 6.45) is 0. The van der Waals surface area contributed by atoms with Crippen LogP contribution in [0.1, 0.15) is 11.1 Å². The molecule has 0 saturated heterocycles. The molecule has 0 bridgehead atoms. The molecular formula is C20H15ClN2O3S. The maximum absolute atomic E-state index is 10.8. The molecular weight excluding hydrogens is 384 g/mol. The van der Waals surface area contributed by atoms with Crippen molar-refractivity contribution in [2.45, 2.75) is 6.61 Å². The van der Waals surface area contributed by atoms with Crippen molar-refractivity contribution >= 4 is 40.2 Å². The number of thiocarbonyl (C=S) groups is 1. The van der Waals surface area contributed by atoms with Crippen molar-refractivity contribution in [1.29, 1.82) is 0 Å². The van der Waals surface area contributed by atoms with Crippen molar-refractivity contribution in [3.05, 3.63) is 99.1 Å². The lowest BCUT2D eigenvalue weighted by Gasteiger charge is -2.12. The van der Waals surface area contributed by atoms with E-state index in [4.69, 9.17) is 28.6 Å². The number of ether oxygens (including phenoxy) is 1. The number of nitrogens with one attached hydrogen (secondary N) is 1. The molecule has 0 aromatic heterocycles. The number of halogens is 1. The Kier molecular flexibility index (Phi) is 6.01. The van der Waals surface area contributed by atoms with Gasteiger partial charge >= 0.3 is 0 Å². The van der Waals surface area contributed by atoms with Crippen molar-refractivity contribution in [3.63, 3.8) is 0 Å². The lowest BCUT2D eigenvalue weighted by molar-refractivity contribution is -0.384. The third kappa shape index (κ3) is 5.03. The zero-order valence-corrected chi connectivity index (χ0v) is 15.7. The number of nitrogens with zero attached hydrogens (tertiary/aromatic N) is 1. The van der Waals surface area contributed by atoms with Crippen LogP contribution in [-0.2, 0) is 6.61 Å². The average Bonchev–Trinajstić information content (AvgIpc) is 2.67. The van der Waals surface area contributed by atoms with Gasteiger partial charge in [-0.1, -0.05) is 60.2 Å². The van der Waals surface area contributed by atoms with Gasteiger partial charge in [0.05, 0.1) is 9.95 Å². The smallest absolute Gasteiger partial charge is 0.270 e. The van der Waals surface area contributed by atoms with Crippen molar-refractivity contribution in [3.8, 4) is 5.75 Å². The second-order valence-corrected chi connectivity index (χ2v) is 6.49. The summed E-state index contributed by atoms with van der Waals surface area (Å²) in [7, 11) is 0. The largest absolute Gasteiger partial charge is 0.489 e. The molecule has 0 heterocycles. The van der Waals surface area contributed by atoms with E-state index in [2.05, 4.69) is 5.32 Å². The highest BCUT2D eigenvalue weighted by molar-refractivity contribution is 7.81. The van der Waals surface area contributed by atoms with E-state index in [-0.39, 0.29) is 10.7 Å². The highest BCUT2D eigenvalue weighted by atomic mass is 35.5. The Balaban J connectivity index is 1.68. The number of hydrogen-bond donors (Lipinski definition) is 1. The number of anilines is 1. The van der Waals surface area contributed by atoms with Crippen LogP contribution in [0.25, 0.3) is 0 Å². The predicted octanol–water partition coefficient (Wildman–Crippen LogP) is 5.61. The molecule has 27 heavy (non-hydrogen) atoms. The van der Waals surface area contributed by atoms with Crippen LogP contribution in [-0.4, -0.2) is 9.91 Å². The van der Waals surface area contributed by atoms with Crippen LogP contribution in [0.15, 0.2) is 72.8 Å². The van der Waals surface area contributed by atoms with Gasteiger partial charge in [-0.2, -0.15) is 0 Å². The molecule has 0 saturated carbocycles. The molecule has 7 heteroatoms. The number of benzene rings is 3. The monoisotopic (exact) mass is 398 g/mol. The Morgan fingerprint density at radius 3 is 2.56 bits per heavy atom. The van der Waals surface area contributed by atoms with E-state index < -0.39 is 4.92 Å². The minimum absolute atomic E-state index is 0.0807. The molecule has 136 valence electrons. The summed E-state index contributed by atoms with van der Waals surface area (Å²) in [5.41, 5.74) is 2.25. The standard InChI is InChI=1S/C20H15ClN2O3S/c21-19-12-16(23(24)25)9-10-18(19)20(27)22-15-7-4-8-17(11-15)26-13-14-5-2-1-3-6-14/h1-12H,13H2,(H,22,27). The summed E-state index contributed by atoms with van der Waals surface area (Å²) < 4.78 is 5.80. The average molecular weight is 399 g/mol. The van der Waals surface area contributed by atoms with Gasteiger partial charge in [-0.3, -0.25) is 10.1 Å². The van der Waals surface area contributed by atoms with Gasteiger partial charge in [-0.25, -0.2) is 0 Å². The molecule has 0 aliphatic rings. The van der Waals surface area contributed by atoms with Gasteiger partial charge in [-0.05, 0) is 23.8 Å². The molecule has 1 N–H and O–H groups in total. The molecule has 0 amide bonds. The van der Waals surface area contributed by atoms with Gasteiger partial charge in [0, 0.05) is 29.4 Å². The topological polar surface area (TPSA) is 64.4 Å². The van der Waals surface area contributed by atoms with Gasteiger partial charge in [0.15, 0.2) is 0 Å². The van der Waals surface area contributed by atoms with Crippen molar-refractivity contribution in [2.24, 2.45) is 0 Å². The third-order valence-electron chi connectivity index (χ3n) is 3.75. The first-order valence-electron chi connectivity index (χ1n) is 8.05. The van der Waals surface area contributed by atoms with Crippen LogP contribution in [0.5, 0.6) is 5.75 Å². The maximum Gasteiger partial charge on any atom is 0.270 e. The van der Waals surface area contributed by atoms with Crippen molar-refractivity contribution in [2.75, 3.05) is 5.32 Å². The molecule has 0 fully saturated rings. The Bertz CT molecular complexity index is 980. The second-order valence-electron chi connectivity index (χ2n) is 5.68. The van der Waals surface area contributed by atoms with Gasteiger partial charge < -0.3 is 10.1 Å². The summed E-state index contributed by atoms with van der Waals surface area (Å²) in [5.74, 6) is 0.696. The van der Waals surface area contributed by atoms with Crippen LogP contribution < -0.4 is 10.1 Å². The first-order valence-corrected chi connectivity index (χ1v) is 8.83. The third-order valence-corrected chi connectivity index (χ3v) is 4.38. The van der Waals surface area contributed by atoms with Crippen molar-refractivity contribution in [1.82, 2.24) is 0 Å². The van der Waals surface area contributed by atoms with E-state index in [9.17, 15) is 10.1 Å². The van der Waals surface area contributed by atoms with Gasteiger partial charge in [0.1, 0.15) is 17.3 Å². The van der Waals surface area contributed by atoms with Crippen LogP contribution in [0, 0.1) is 10.1 Å². The summed E-state index contributed by atoms with van der Waals surface area (Å²) in [4.78, 5) is 10.7. The number of non-ortho nitro benzene ring substituents is 1. The first kappa shape index (κ1) is 18.8. The molecule has 0 atom stereocenters. The number of rotatable bonds is 6. The lowest BCUT2D eigenvalue weighted by atomic mass is 10.2. The zero-order valence-electron chi connectivity index (χ0n) is 14.1. The summed E-state index contributed by atoms with van der Waals surface area (Å²) in [5, 5.41) is 14.1. The predicted molar refractivity (Wildman–Crippen MR) is 111 cm³/mol. The molecule has 5 nitrogen and oxygen atoms in total. The normalized spacial score (nSPS) is 10.3. The zero-order chi connectivity index (χ0) is 19.2. The molecule has 3 rings (SSSR count). The highest BCUT2D eigenvalue weighted by Gasteiger charge is 2.13. The Hall–Kier alpha value is -2.96. The highest BCUT2D eigenvalue weighted by Crippen LogP contribution is 2.25. The SMILES string of the molecule is O=[N+]([O-])c1ccc(C(=S)Nc2cccc(OCc3ccccc3)c2)c(Cl)c1. The summed E-state index contributed by atoms with van der Waals surface area (Å²) >= 11 is 11.5. The van der Waals surface area contributed by atoms with Gasteiger partial charge in [0.2, 0.25) is 0 Å². The van der Waals surface area contributed by atoms with Crippen LogP contribution in [0.2, 0.25) is 5.02 Å². The Labute approximate surface area is 166 Å². The Morgan fingerprint density at radius 1 is 1.07 bits per heavy atom. The number of nitro benzene ring substituents is 1. The quantitative estimate of drug-likeness (QED) is 0.332. The first-order chi connectivity index (χ1) is 13.0. The van der Waals surface area contributed by atoms with Gasteiger partial charge in [0.25, 0.3) is 5.69 Å². The molecule has 0 spiro atoms. The molecule has 0 unspecified atom stereocenters.